The number of ether oxygens (including phenoxy) is 1. The molecule has 0 aromatic carbocycles. The summed E-state index contributed by atoms with van der Waals surface area (Å²) in [6, 6.07) is 1.70. The molecule has 4 heteroatoms. The van der Waals surface area contributed by atoms with Gasteiger partial charge in [-0.2, -0.15) is 0 Å². The third-order valence-electron chi connectivity index (χ3n) is 1.82. The fraction of sp³-hybridized carbons (Fsp3) is 0.667. The van der Waals surface area contributed by atoms with Gasteiger partial charge in [-0.25, -0.2) is 0 Å². The molecule has 0 aliphatic rings. The van der Waals surface area contributed by atoms with Crippen LogP contribution in [0.15, 0.2) is 10.6 Å². The minimum atomic E-state index is -0.477. The van der Waals surface area contributed by atoms with Crippen molar-refractivity contribution < 1.29 is 14.4 Å². The number of aromatic nitrogens is 1. The lowest BCUT2D eigenvalue weighted by Gasteiger charge is -2.20. The van der Waals surface area contributed by atoms with Gasteiger partial charge in [-0.05, 0) is 20.8 Å². The predicted octanol–water partition coefficient (Wildman–Crippen LogP) is 1.44. The van der Waals surface area contributed by atoms with Gasteiger partial charge < -0.3 is 14.4 Å². The minimum absolute atomic E-state index is 0.105. The van der Waals surface area contributed by atoms with E-state index in [1.807, 2.05) is 20.8 Å². The van der Waals surface area contributed by atoms with Gasteiger partial charge in [-0.15, -0.1) is 0 Å². The van der Waals surface area contributed by atoms with E-state index in [1.165, 1.54) is 0 Å². The van der Waals surface area contributed by atoms with Crippen LogP contribution in [-0.2, 0) is 16.9 Å². The summed E-state index contributed by atoms with van der Waals surface area (Å²) in [7, 11) is 0. The number of hydrogen-bond acceptors (Lipinski definition) is 4. The summed E-state index contributed by atoms with van der Waals surface area (Å²) in [5.41, 5.74) is 0.0533. The maximum Gasteiger partial charge on any atom is 0.168 e. The second-order valence-electron chi connectivity index (χ2n) is 3.28. The molecule has 0 saturated heterocycles. The van der Waals surface area contributed by atoms with Gasteiger partial charge in [-0.3, -0.25) is 0 Å². The van der Waals surface area contributed by atoms with Crippen LogP contribution in [0.4, 0.5) is 0 Å². The van der Waals surface area contributed by atoms with E-state index in [0.717, 1.165) is 0 Å². The highest BCUT2D eigenvalue weighted by molar-refractivity contribution is 5.10. The summed E-state index contributed by atoms with van der Waals surface area (Å²) in [5, 5.41) is 12.5. The highest BCUT2D eigenvalue weighted by Crippen LogP contribution is 2.24. The monoisotopic (exact) mass is 185 g/mol. The normalized spacial score (nSPS) is 12.0. The Bertz CT molecular complexity index is 268. The van der Waals surface area contributed by atoms with Gasteiger partial charge in [0, 0.05) is 12.7 Å². The summed E-state index contributed by atoms with van der Waals surface area (Å²) in [6.07, 6.45) is 0. The quantitative estimate of drug-likeness (QED) is 0.771. The van der Waals surface area contributed by atoms with Crippen LogP contribution in [0.2, 0.25) is 0 Å². The van der Waals surface area contributed by atoms with Crippen molar-refractivity contribution in [2.24, 2.45) is 0 Å². The molecule has 1 rings (SSSR count). The van der Waals surface area contributed by atoms with Gasteiger partial charge >= 0.3 is 0 Å². The van der Waals surface area contributed by atoms with Crippen molar-refractivity contribution in [1.29, 1.82) is 0 Å². The van der Waals surface area contributed by atoms with Crippen molar-refractivity contribution in [3.63, 3.8) is 0 Å². The van der Waals surface area contributed by atoms with Crippen molar-refractivity contribution in [1.82, 2.24) is 5.16 Å². The van der Waals surface area contributed by atoms with Crippen molar-refractivity contribution in [3.05, 3.63) is 17.5 Å². The van der Waals surface area contributed by atoms with E-state index in [-0.39, 0.29) is 6.61 Å². The molecule has 4 nitrogen and oxygen atoms in total. The van der Waals surface area contributed by atoms with E-state index in [2.05, 4.69) is 5.16 Å². The third-order valence-corrected chi connectivity index (χ3v) is 1.82. The molecule has 0 fully saturated rings. The maximum atomic E-state index is 8.78. The van der Waals surface area contributed by atoms with E-state index < -0.39 is 5.60 Å². The van der Waals surface area contributed by atoms with Crippen LogP contribution in [0.3, 0.4) is 0 Å². The molecule has 13 heavy (non-hydrogen) atoms. The highest BCUT2D eigenvalue weighted by Gasteiger charge is 2.25. The van der Waals surface area contributed by atoms with Crippen LogP contribution in [0.5, 0.6) is 0 Å². The molecule has 74 valence electrons. The Labute approximate surface area is 77.5 Å². The van der Waals surface area contributed by atoms with E-state index in [4.69, 9.17) is 14.4 Å². The van der Waals surface area contributed by atoms with Gasteiger partial charge in [-0.1, -0.05) is 5.16 Å². The Morgan fingerprint density at radius 1 is 1.62 bits per heavy atom. The summed E-state index contributed by atoms with van der Waals surface area (Å²) < 4.78 is 10.5. The highest BCUT2D eigenvalue weighted by atomic mass is 16.5. The Hall–Kier alpha value is -0.870. The smallest absolute Gasteiger partial charge is 0.168 e. The first-order valence-corrected chi connectivity index (χ1v) is 4.31. The predicted molar refractivity (Wildman–Crippen MR) is 47.1 cm³/mol. The van der Waals surface area contributed by atoms with Crippen LogP contribution in [0.25, 0.3) is 0 Å². The largest absolute Gasteiger partial charge is 0.390 e. The average Bonchev–Trinajstić information content (AvgIpc) is 2.52. The lowest BCUT2D eigenvalue weighted by molar-refractivity contribution is -0.0331. The minimum Gasteiger partial charge on any atom is -0.390 e. The molecular formula is C9H15NO3. The molecule has 1 aromatic rings. The van der Waals surface area contributed by atoms with E-state index >= 15 is 0 Å². The van der Waals surface area contributed by atoms with Gasteiger partial charge in [0.25, 0.3) is 0 Å². The van der Waals surface area contributed by atoms with Crippen LogP contribution in [-0.4, -0.2) is 16.9 Å². The van der Waals surface area contributed by atoms with E-state index in [0.29, 0.717) is 18.1 Å². The van der Waals surface area contributed by atoms with Crippen LogP contribution < -0.4 is 0 Å². The lowest BCUT2D eigenvalue weighted by Crippen LogP contribution is -2.20. The number of rotatable bonds is 4. The van der Waals surface area contributed by atoms with Gasteiger partial charge in [0.2, 0.25) is 0 Å². The maximum absolute atomic E-state index is 8.78. The number of hydrogen-bond donors (Lipinski definition) is 1. The third kappa shape index (κ3) is 2.29. The Morgan fingerprint density at radius 3 is 2.77 bits per heavy atom. The Morgan fingerprint density at radius 2 is 2.31 bits per heavy atom. The molecule has 0 aliphatic carbocycles. The van der Waals surface area contributed by atoms with E-state index in [1.54, 1.807) is 6.07 Å². The second kappa shape index (κ2) is 3.89. The molecule has 0 spiro atoms. The molecule has 0 amide bonds. The first kappa shape index (κ1) is 10.2. The van der Waals surface area contributed by atoms with Gasteiger partial charge in [0.05, 0.1) is 6.61 Å². The van der Waals surface area contributed by atoms with Crippen LogP contribution in [0.1, 0.15) is 32.2 Å². The molecule has 0 saturated carbocycles. The molecule has 0 atom stereocenters. The van der Waals surface area contributed by atoms with Crippen molar-refractivity contribution in [3.8, 4) is 0 Å². The molecule has 1 N–H and O–H groups in total. The van der Waals surface area contributed by atoms with Crippen LogP contribution >= 0.6 is 0 Å². The van der Waals surface area contributed by atoms with Crippen LogP contribution in [0, 0.1) is 0 Å². The zero-order valence-electron chi connectivity index (χ0n) is 8.20. The molecule has 1 heterocycles. The standard InChI is InChI=1S/C9H15NO3/c1-4-12-9(2,3)8-5-7(6-11)10-13-8/h5,11H,4,6H2,1-3H3. The molecule has 0 unspecified atom stereocenters. The molecule has 1 aromatic heterocycles. The van der Waals surface area contributed by atoms with Gasteiger partial charge in [0.1, 0.15) is 11.3 Å². The fourth-order valence-corrected chi connectivity index (χ4v) is 1.10. The zero-order valence-corrected chi connectivity index (χ0v) is 8.20. The molecular weight excluding hydrogens is 170 g/mol. The number of nitrogens with zero attached hydrogens (tertiary/aromatic N) is 1. The number of aliphatic hydroxyl groups is 1. The van der Waals surface area contributed by atoms with Crippen molar-refractivity contribution in [2.45, 2.75) is 33.0 Å². The fourth-order valence-electron chi connectivity index (χ4n) is 1.10. The first-order chi connectivity index (χ1) is 6.10. The summed E-state index contributed by atoms with van der Waals surface area (Å²) in [4.78, 5) is 0. The molecule has 0 aliphatic heterocycles. The SMILES string of the molecule is CCOC(C)(C)c1cc(CO)no1. The molecule has 0 bridgehead atoms. The summed E-state index contributed by atoms with van der Waals surface area (Å²) in [6.45, 7) is 6.23. The lowest BCUT2D eigenvalue weighted by atomic mass is 10.1. The van der Waals surface area contributed by atoms with Gasteiger partial charge in [0.15, 0.2) is 5.76 Å². The zero-order chi connectivity index (χ0) is 9.90. The Kier molecular flexibility index (Phi) is 3.06. The summed E-state index contributed by atoms with van der Waals surface area (Å²) in [5.74, 6) is 0.637. The average molecular weight is 185 g/mol. The van der Waals surface area contributed by atoms with E-state index in [9.17, 15) is 0 Å². The second-order valence-corrected chi connectivity index (χ2v) is 3.28. The van der Waals surface area contributed by atoms with Crippen molar-refractivity contribution in [2.75, 3.05) is 6.61 Å². The summed E-state index contributed by atoms with van der Waals surface area (Å²) >= 11 is 0. The number of aliphatic hydroxyl groups excluding tert-OH is 1. The topological polar surface area (TPSA) is 55.5 Å². The molecule has 0 radical (unpaired) electrons. The first-order valence-electron chi connectivity index (χ1n) is 4.31. The Balaban J connectivity index is 2.80. The van der Waals surface area contributed by atoms with Crippen molar-refractivity contribution >= 4 is 0 Å².